The van der Waals surface area contributed by atoms with E-state index < -0.39 is 0 Å². The molecule has 0 saturated carbocycles. The van der Waals surface area contributed by atoms with Crippen molar-refractivity contribution < 1.29 is 0 Å². The first-order chi connectivity index (χ1) is 6.59. The van der Waals surface area contributed by atoms with E-state index in [2.05, 4.69) is 19.2 Å². The summed E-state index contributed by atoms with van der Waals surface area (Å²) in [4.78, 5) is 0. The number of hydrogen-bond acceptors (Lipinski definition) is 1. The molecule has 0 aliphatic rings. The lowest BCUT2D eigenvalue weighted by atomic mass is 10.1. The first-order valence-electron chi connectivity index (χ1n) is 4.77. The third-order valence-corrected chi connectivity index (χ3v) is 2.56. The molecule has 0 saturated heterocycles. The predicted molar refractivity (Wildman–Crippen MR) is 63.3 cm³/mol. The lowest BCUT2D eigenvalue weighted by molar-refractivity contribution is 0.590. The highest BCUT2D eigenvalue weighted by atomic mass is 35.5. The zero-order chi connectivity index (χ0) is 10.6. The summed E-state index contributed by atoms with van der Waals surface area (Å²) in [5, 5.41) is 4.87. The van der Waals surface area contributed by atoms with Crippen LogP contribution in [0.4, 0.5) is 0 Å². The number of nitrogens with one attached hydrogen (secondary N) is 1. The van der Waals surface area contributed by atoms with Gasteiger partial charge in [0.1, 0.15) is 0 Å². The summed E-state index contributed by atoms with van der Waals surface area (Å²) in [7, 11) is 0. The second-order valence-electron chi connectivity index (χ2n) is 3.59. The van der Waals surface area contributed by atoms with Crippen LogP contribution in [0.2, 0.25) is 10.0 Å². The highest BCUT2D eigenvalue weighted by Crippen LogP contribution is 2.20. The highest BCUT2D eigenvalue weighted by Gasteiger charge is 2.01. The van der Waals surface area contributed by atoms with E-state index in [1.807, 2.05) is 18.2 Å². The van der Waals surface area contributed by atoms with Crippen molar-refractivity contribution in [1.29, 1.82) is 0 Å². The quantitative estimate of drug-likeness (QED) is 0.837. The van der Waals surface area contributed by atoms with E-state index in [9.17, 15) is 0 Å². The summed E-state index contributed by atoms with van der Waals surface area (Å²) in [5.41, 5.74) is 1.10. The van der Waals surface area contributed by atoms with Crippen molar-refractivity contribution in [3.63, 3.8) is 0 Å². The Kier molecular flexibility index (Phi) is 4.73. The molecule has 0 heterocycles. The van der Waals surface area contributed by atoms with Gasteiger partial charge >= 0.3 is 0 Å². The molecular weight excluding hydrogens is 217 g/mol. The Morgan fingerprint density at radius 1 is 1.29 bits per heavy atom. The number of hydrogen-bond donors (Lipinski definition) is 1. The Hall–Kier alpha value is -0.240. The van der Waals surface area contributed by atoms with Gasteiger partial charge in [0.15, 0.2) is 0 Å². The normalized spacial score (nSPS) is 10.9. The maximum atomic E-state index is 6.03. The fourth-order valence-corrected chi connectivity index (χ4v) is 1.64. The maximum absolute atomic E-state index is 6.03. The van der Waals surface area contributed by atoms with Gasteiger partial charge in [-0.2, -0.15) is 0 Å². The summed E-state index contributed by atoms with van der Waals surface area (Å²) in [6.45, 7) is 5.18. The predicted octanol–water partition coefficient (Wildman–Crippen LogP) is 3.53. The summed E-state index contributed by atoms with van der Waals surface area (Å²) < 4.78 is 0. The first kappa shape index (κ1) is 11.8. The van der Waals surface area contributed by atoms with Crippen molar-refractivity contribution in [2.24, 2.45) is 0 Å². The zero-order valence-corrected chi connectivity index (χ0v) is 9.99. The van der Waals surface area contributed by atoms with Crippen LogP contribution in [-0.2, 0) is 6.42 Å². The SMILES string of the molecule is CC(C)NCCc1cc(Cl)ccc1Cl. The molecule has 0 fully saturated rings. The molecule has 1 nitrogen and oxygen atoms in total. The van der Waals surface area contributed by atoms with Crippen molar-refractivity contribution in [2.75, 3.05) is 6.54 Å². The average molecular weight is 232 g/mol. The van der Waals surface area contributed by atoms with Gasteiger partial charge in [0.25, 0.3) is 0 Å². The van der Waals surface area contributed by atoms with E-state index in [4.69, 9.17) is 23.2 Å². The summed E-state index contributed by atoms with van der Waals surface area (Å²) in [6, 6.07) is 6.08. The molecule has 0 amide bonds. The van der Waals surface area contributed by atoms with Crippen LogP contribution in [0.25, 0.3) is 0 Å². The highest BCUT2D eigenvalue weighted by molar-refractivity contribution is 6.33. The molecular formula is C11H15Cl2N. The van der Waals surface area contributed by atoms with Gasteiger partial charge in [-0.15, -0.1) is 0 Å². The molecule has 1 N–H and O–H groups in total. The lowest BCUT2D eigenvalue weighted by Crippen LogP contribution is -2.25. The van der Waals surface area contributed by atoms with Gasteiger partial charge in [-0.3, -0.25) is 0 Å². The monoisotopic (exact) mass is 231 g/mol. The number of rotatable bonds is 4. The van der Waals surface area contributed by atoms with E-state index in [1.54, 1.807) is 0 Å². The van der Waals surface area contributed by atoms with Gasteiger partial charge in [0.05, 0.1) is 0 Å². The standard InChI is InChI=1S/C11H15Cl2N/c1-8(2)14-6-5-9-7-10(12)3-4-11(9)13/h3-4,7-8,14H,5-6H2,1-2H3. The van der Waals surface area contributed by atoms with Crippen molar-refractivity contribution in [3.05, 3.63) is 33.8 Å². The van der Waals surface area contributed by atoms with Gasteiger partial charge in [0, 0.05) is 16.1 Å². The van der Waals surface area contributed by atoms with Gasteiger partial charge in [-0.25, -0.2) is 0 Å². The Morgan fingerprint density at radius 2 is 2.00 bits per heavy atom. The van der Waals surface area contributed by atoms with Gasteiger partial charge in [0.2, 0.25) is 0 Å². The van der Waals surface area contributed by atoms with Crippen molar-refractivity contribution >= 4 is 23.2 Å². The third kappa shape index (κ3) is 3.87. The van der Waals surface area contributed by atoms with Crippen molar-refractivity contribution in [3.8, 4) is 0 Å². The van der Waals surface area contributed by atoms with Gasteiger partial charge < -0.3 is 5.32 Å². The number of benzene rings is 1. The molecule has 0 spiro atoms. The van der Waals surface area contributed by atoms with E-state index in [1.165, 1.54) is 0 Å². The smallest absolute Gasteiger partial charge is 0.0439 e. The maximum Gasteiger partial charge on any atom is 0.0439 e. The minimum atomic E-state index is 0.507. The second-order valence-corrected chi connectivity index (χ2v) is 4.44. The van der Waals surface area contributed by atoms with E-state index in [0.717, 1.165) is 28.6 Å². The minimum Gasteiger partial charge on any atom is -0.314 e. The van der Waals surface area contributed by atoms with Crippen LogP contribution in [0.3, 0.4) is 0 Å². The van der Waals surface area contributed by atoms with E-state index in [-0.39, 0.29) is 0 Å². The van der Waals surface area contributed by atoms with Crippen LogP contribution >= 0.6 is 23.2 Å². The molecule has 0 radical (unpaired) electrons. The topological polar surface area (TPSA) is 12.0 Å². The van der Waals surface area contributed by atoms with Gasteiger partial charge in [-0.1, -0.05) is 37.0 Å². The van der Waals surface area contributed by atoms with E-state index >= 15 is 0 Å². The molecule has 0 aliphatic carbocycles. The Balaban J connectivity index is 2.53. The van der Waals surface area contributed by atoms with Crippen LogP contribution in [0.1, 0.15) is 19.4 Å². The average Bonchev–Trinajstić information content (AvgIpc) is 2.10. The van der Waals surface area contributed by atoms with Crippen LogP contribution < -0.4 is 5.32 Å². The van der Waals surface area contributed by atoms with Crippen molar-refractivity contribution in [1.82, 2.24) is 5.32 Å². The van der Waals surface area contributed by atoms with Crippen LogP contribution in [0.5, 0.6) is 0 Å². The van der Waals surface area contributed by atoms with Crippen LogP contribution in [0, 0.1) is 0 Å². The molecule has 3 heteroatoms. The lowest BCUT2D eigenvalue weighted by Gasteiger charge is -2.09. The first-order valence-corrected chi connectivity index (χ1v) is 5.52. The van der Waals surface area contributed by atoms with Crippen molar-refractivity contribution in [2.45, 2.75) is 26.3 Å². The molecule has 0 aromatic heterocycles. The molecule has 0 unspecified atom stereocenters. The number of halogens is 2. The summed E-state index contributed by atoms with van der Waals surface area (Å²) in [5.74, 6) is 0. The zero-order valence-electron chi connectivity index (χ0n) is 8.48. The Bertz CT molecular complexity index is 297. The molecule has 1 rings (SSSR count). The second kappa shape index (κ2) is 5.59. The molecule has 14 heavy (non-hydrogen) atoms. The molecule has 0 atom stereocenters. The molecule has 1 aromatic rings. The molecule has 0 bridgehead atoms. The fraction of sp³-hybridized carbons (Fsp3) is 0.455. The van der Waals surface area contributed by atoms with Crippen LogP contribution in [0.15, 0.2) is 18.2 Å². The Labute approximate surface area is 95.4 Å². The largest absolute Gasteiger partial charge is 0.314 e. The summed E-state index contributed by atoms with van der Waals surface area (Å²) in [6.07, 6.45) is 0.914. The summed E-state index contributed by atoms with van der Waals surface area (Å²) >= 11 is 11.9. The molecule has 1 aromatic carbocycles. The fourth-order valence-electron chi connectivity index (χ4n) is 1.23. The Morgan fingerprint density at radius 3 is 2.64 bits per heavy atom. The third-order valence-electron chi connectivity index (χ3n) is 1.95. The van der Waals surface area contributed by atoms with E-state index in [0.29, 0.717) is 6.04 Å². The van der Waals surface area contributed by atoms with Gasteiger partial charge in [-0.05, 0) is 36.7 Å². The molecule has 78 valence electrons. The molecule has 0 aliphatic heterocycles. The minimum absolute atomic E-state index is 0.507. The van der Waals surface area contributed by atoms with Crippen LogP contribution in [-0.4, -0.2) is 12.6 Å².